The second kappa shape index (κ2) is 11.4. The van der Waals surface area contributed by atoms with Gasteiger partial charge in [-0.15, -0.1) is 23.1 Å². The van der Waals surface area contributed by atoms with E-state index in [0.717, 1.165) is 39.8 Å². The standard InChI is InChI=1S/C24H26N8O5S3/c1-4-31(5-2)24-27-13-9-30(7-6-15(13)40-24)8-12-10-38-21-17(20(34)32(21)18(12)22(35)36)28-19(33)16(29-37-3)14-11-39-23(25)26-14/h6-7,9,11,17,21H,4-5,8,10H2,1-3H3,(H3-,25,26,28,33,35,36)/t17?,21-/m0/s1. The molecule has 3 aromatic rings. The number of nitrogens with two attached hydrogens (primary N) is 1. The quantitative estimate of drug-likeness (QED) is 0.139. The Morgan fingerprint density at radius 1 is 1.35 bits per heavy atom. The van der Waals surface area contributed by atoms with Gasteiger partial charge in [0.2, 0.25) is 0 Å². The monoisotopic (exact) mass is 602 g/mol. The molecule has 13 nitrogen and oxygen atoms in total. The maximum atomic E-state index is 13.1. The molecule has 3 aromatic heterocycles. The van der Waals surface area contributed by atoms with E-state index in [4.69, 9.17) is 15.6 Å². The van der Waals surface area contributed by atoms with Gasteiger partial charge in [0.1, 0.15) is 29.7 Å². The van der Waals surface area contributed by atoms with Crippen LogP contribution < -0.4 is 25.6 Å². The molecule has 0 aliphatic carbocycles. The van der Waals surface area contributed by atoms with Gasteiger partial charge in [0.05, 0.1) is 16.4 Å². The number of carbonyl (C=O) groups is 3. The number of carboxylic acids is 1. The summed E-state index contributed by atoms with van der Waals surface area (Å²) >= 11 is 4.09. The van der Waals surface area contributed by atoms with Crippen LogP contribution in [0.3, 0.4) is 0 Å². The molecule has 2 aliphatic heterocycles. The number of aromatic nitrogens is 3. The topological polar surface area (TPSA) is 170 Å². The maximum Gasteiger partial charge on any atom is 0.276 e. The minimum Gasteiger partial charge on any atom is -0.543 e. The minimum atomic E-state index is -1.45. The number of thiazole rings is 2. The molecule has 0 saturated carbocycles. The van der Waals surface area contributed by atoms with Crippen molar-refractivity contribution < 1.29 is 28.9 Å². The van der Waals surface area contributed by atoms with Crippen LogP contribution in [0.4, 0.5) is 10.3 Å². The van der Waals surface area contributed by atoms with Crippen molar-refractivity contribution in [1.82, 2.24) is 20.2 Å². The average molecular weight is 603 g/mol. The fraction of sp³-hybridized carbons (Fsp3) is 0.375. The summed E-state index contributed by atoms with van der Waals surface area (Å²) in [6.45, 7) is 6.10. The van der Waals surface area contributed by atoms with E-state index in [0.29, 0.717) is 11.3 Å². The Kier molecular flexibility index (Phi) is 7.91. The number of nitrogens with one attached hydrogen (secondary N) is 1. The Balaban J connectivity index is 1.35. The van der Waals surface area contributed by atoms with Crippen LogP contribution in [0.5, 0.6) is 0 Å². The third kappa shape index (κ3) is 5.09. The number of hydrogen-bond donors (Lipinski definition) is 2. The molecule has 16 heteroatoms. The number of nitrogen functional groups attached to an aromatic ring is 1. The summed E-state index contributed by atoms with van der Waals surface area (Å²) in [5.41, 5.74) is 6.90. The average Bonchev–Trinajstić information content (AvgIpc) is 3.56. The lowest BCUT2D eigenvalue weighted by Gasteiger charge is -2.50. The normalized spacial score (nSPS) is 18.9. The van der Waals surface area contributed by atoms with E-state index in [1.54, 1.807) is 16.7 Å². The summed E-state index contributed by atoms with van der Waals surface area (Å²) in [5.74, 6) is -2.36. The predicted octanol–water partition coefficient (Wildman–Crippen LogP) is -0.0767. The number of pyridine rings is 1. The smallest absolute Gasteiger partial charge is 0.276 e. The largest absolute Gasteiger partial charge is 0.543 e. The van der Waals surface area contributed by atoms with Crippen LogP contribution in [0.15, 0.2) is 40.3 Å². The highest BCUT2D eigenvalue weighted by Crippen LogP contribution is 2.40. The Morgan fingerprint density at radius 3 is 2.77 bits per heavy atom. The van der Waals surface area contributed by atoms with Crippen molar-refractivity contribution in [2.75, 3.05) is 36.6 Å². The third-order valence-corrected chi connectivity index (χ3v) is 9.58. The second-order valence-electron chi connectivity index (χ2n) is 8.83. The lowest BCUT2D eigenvalue weighted by atomic mass is 10.0. The summed E-state index contributed by atoms with van der Waals surface area (Å²) in [7, 11) is 1.28. The predicted molar refractivity (Wildman–Crippen MR) is 151 cm³/mol. The summed E-state index contributed by atoms with van der Waals surface area (Å²) in [6.07, 6.45) is 3.74. The molecule has 1 unspecified atom stereocenters. The van der Waals surface area contributed by atoms with Crippen molar-refractivity contribution in [3.63, 3.8) is 0 Å². The van der Waals surface area contributed by atoms with Gasteiger partial charge < -0.3 is 30.7 Å². The first-order chi connectivity index (χ1) is 19.2. The van der Waals surface area contributed by atoms with E-state index < -0.39 is 29.2 Å². The van der Waals surface area contributed by atoms with Gasteiger partial charge in [0.15, 0.2) is 34.9 Å². The highest BCUT2D eigenvalue weighted by Gasteiger charge is 2.53. The molecular formula is C24H26N8O5S3. The first-order valence-corrected chi connectivity index (χ1v) is 15.1. The maximum absolute atomic E-state index is 13.1. The van der Waals surface area contributed by atoms with Gasteiger partial charge in [-0.05, 0) is 13.8 Å². The highest BCUT2D eigenvalue weighted by molar-refractivity contribution is 8.00. The Labute approximate surface area is 241 Å². The van der Waals surface area contributed by atoms with Gasteiger partial charge in [0.25, 0.3) is 11.8 Å². The molecular weight excluding hydrogens is 577 g/mol. The van der Waals surface area contributed by atoms with Crippen LogP contribution in [-0.4, -0.2) is 75.7 Å². The molecule has 2 atom stereocenters. The summed E-state index contributed by atoms with van der Waals surface area (Å²) in [6, 6.07) is 0.997. The number of rotatable bonds is 10. The van der Waals surface area contributed by atoms with E-state index in [1.807, 2.05) is 23.0 Å². The molecule has 40 heavy (non-hydrogen) atoms. The minimum absolute atomic E-state index is 0.142. The van der Waals surface area contributed by atoms with Crippen LogP contribution in [0.2, 0.25) is 0 Å². The molecule has 210 valence electrons. The number of amides is 2. The van der Waals surface area contributed by atoms with Crippen molar-refractivity contribution in [1.29, 1.82) is 0 Å². The zero-order chi connectivity index (χ0) is 28.6. The molecule has 3 N–H and O–H groups in total. The summed E-state index contributed by atoms with van der Waals surface area (Å²) < 4.78 is 2.88. The fourth-order valence-electron chi connectivity index (χ4n) is 4.55. The summed E-state index contributed by atoms with van der Waals surface area (Å²) in [4.78, 5) is 55.2. The fourth-order valence-corrected chi connectivity index (χ4v) is 7.49. The van der Waals surface area contributed by atoms with Gasteiger partial charge in [0, 0.05) is 35.9 Å². The molecule has 5 rings (SSSR count). The van der Waals surface area contributed by atoms with Crippen LogP contribution >= 0.6 is 34.4 Å². The first-order valence-electron chi connectivity index (χ1n) is 12.3. The van der Waals surface area contributed by atoms with Gasteiger partial charge in [-0.2, -0.15) is 4.57 Å². The van der Waals surface area contributed by atoms with Crippen LogP contribution in [-0.2, 0) is 25.8 Å². The number of carbonyl (C=O) groups excluding carboxylic acids is 3. The number of aliphatic carboxylic acids is 1. The van der Waals surface area contributed by atoms with Crippen molar-refractivity contribution in [3.8, 4) is 0 Å². The molecule has 1 saturated heterocycles. The molecule has 0 spiro atoms. The van der Waals surface area contributed by atoms with E-state index in [1.165, 1.54) is 23.8 Å². The molecule has 2 aliphatic rings. The number of hydrogen-bond acceptors (Lipinski definition) is 13. The van der Waals surface area contributed by atoms with Crippen molar-refractivity contribution in [2.45, 2.75) is 31.8 Å². The summed E-state index contributed by atoms with van der Waals surface area (Å²) in [5, 5.41) is 20.7. The van der Waals surface area contributed by atoms with Crippen LogP contribution in [0.25, 0.3) is 10.2 Å². The lowest BCUT2D eigenvalue weighted by Crippen LogP contribution is -2.71. The second-order valence-corrected chi connectivity index (χ2v) is 11.8. The van der Waals surface area contributed by atoms with Gasteiger partial charge >= 0.3 is 0 Å². The van der Waals surface area contributed by atoms with Crippen molar-refractivity contribution in [3.05, 3.63) is 40.8 Å². The number of oxime groups is 1. The Bertz CT molecular complexity index is 1550. The molecule has 5 heterocycles. The van der Waals surface area contributed by atoms with E-state index in [9.17, 15) is 19.5 Å². The van der Waals surface area contributed by atoms with Crippen molar-refractivity contribution in [2.24, 2.45) is 5.16 Å². The van der Waals surface area contributed by atoms with Gasteiger partial charge in [-0.25, -0.2) is 9.97 Å². The zero-order valence-corrected chi connectivity index (χ0v) is 24.3. The number of nitrogens with zero attached hydrogens (tertiary/aromatic N) is 6. The zero-order valence-electron chi connectivity index (χ0n) is 21.8. The number of carboxylic acid groups (broad SMARTS) is 1. The SMILES string of the molecule is CCN(CC)c1nc2c[n+](CC3=C(C(=O)[O-])N4C(=O)C(NC(=O)C(=NOC)c5csc(N)n5)[C@@H]4SC3)ccc2s1. The van der Waals surface area contributed by atoms with E-state index in [-0.39, 0.29) is 28.8 Å². The number of thioether (sulfide) groups is 1. The molecule has 0 aromatic carbocycles. The Morgan fingerprint density at radius 2 is 2.12 bits per heavy atom. The molecule has 1 fully saturated rings. The lowest BCUT2D eigenvalue weighted by molar-refractivity contribution is -0.687. The first kappa shape index (κ1) is 27.8. The van der Waals surface area contributed by atoms with Crippen molar-refractivity contribution >= 4 is 78.4 Å². The van der Waals surface area contributed by atoms with Crippen LogP contribution in [0.1, 0.15) is 19.5 Å². The highest BCUT2D eigenvalue weighted by atomic mass is 32.2. The third-order valence-electron chi connectivity index (χ3n) is 6.47. The number of anilines is 2. The molecule has 2 amide bonds. The number of β-lactam (4-membered cyclic amide) rings is 1. The van der Waals surface area contributed by atoms with Gasteiger partial charge in [-0.1, -0.05) is 16.5 Å². The molecule has 0 bridgehead atoms. The van der Waals surface area contributed by atoms with E-state index in [2.05, 4.69) is 34.2 Å². The molecule has 0 radical (unpaired) electrons. The van der Waals surface area contributed by atoms with E-state index >= 15 is 0 Å². The Hall–Kier alpha value is -3.76. The van der Waals surface area contributed by atoms with Crippen LogP contribution in [0, 0.1) is 0 Å². The van der Waals surface area contributed by atoms with Gasteiger partial charge in [-0.3, -0.25) is 14.5 Å². The number of fused-ring (bicyclic) bond motifs is 2.